The number of nitrogens with zero attached hydrogens (tertiary/aromatic N) is 1. The summed E-state index contributed by atoms with van der Waals surface area (Å²) in [6.45, 7) is 1.60. The minimum atomic E-state index is -0.752. The third-order valence-electron chi connectivity index (χ3n) is 9.01. The van der Waals surface area contributed by atoms with E-state index in [0.717, 1.165) is 70.0 Å². The summed E-state index contributed by atoms with van der Waals surface area (Å²) in [7, 11) is 0. The van der Waals surface area contributed by atoms with Gasteiger partial charge in [0, 0.05) is 47.6 Å². The molecule has 0 saturated carbocycles. The van der Waals surface area contributed by atoms with Gasteiger partial charge >= 0.3 is 0 Å². The number of rotatable bonds is 10. The fraction of sp³-hybridized carbons (Fsp3) is 0.237. The number of nitrogens with one attached hydrogen (secondary N) is 5. The highest BCUT2D eigenvalue weighted by molar-refractivity contribution is 5.90. The monoisotopic (exact) mass is 610 g/mol. The zero-order valence-corrected chi connectivity index (χ0v) is 25.6. The van der Waals surface area contributed by atoms with Crippen LogP contribution in [0.15, 0.2) is 109 Å². The molecule has 5 N–H and O–H groups in total. The summed E-state index contributed by atoms with van der Waals surface area (Å²) >= 11 is 0. The van der Waals surface area contributed by atoms with Crippen LogP contribution in [0.5, 0.6) is 0 Å². The van der Waals surface area contributed by atoms with E-state index >= 15 is 0 Å². The Morgan fingerprint density at radius 3 is 2.39 bits per heavy atom. The number of carbonyl (C=O) groups is 2. The van der Waals surface area contributed by atoms with E-state index in [2.05, 4.69) is 56.3 Å². The van der Waals surface area contributed by atoms with Crippen molar-refractivity contribution in [3.05, 3.63) is 126 Å². The van der Waals surface area contributed by atoms with Crippen LogP contribution in [0.4, 0.5) is 0 Å². The Kier molecular flexibility index (Phi) is 8.61. The topological polar surface area (TPSA) is 115 Å². The molecule has 232 valence electrons. The van der Waals surface area contributed by atoms with Crippen LogP contribution in [-0.4, -0.2) is 45.9 Å². The normalized spacial score (nSPS) is 15.0. The van der Waals surface area contributed by atoms with E-state index in [1.807, 2.05) is 79.1 Å². The molecule has 0 bridgehead atoms. The standard InChI is InChI=1S/C38H38N6O2/c45-37(28-16-18-39-19-17-28)44-34(21-25-14-15-26-8-4-5-11-29(26)20-25)38(46)43-33(22-30-23-40-32-13-7-6-12-31(30)32)36-41-24-35(42-36)27-9-2-1-3-10-27/h1-15,20,23-24,28,33-34,39-40H,16-19,21-22H2,(H,41,42)(H,43,46)(H,44,45)/t33-,34-/m1/s1. The summed E-state index contributed by atoms with van der Waals surface area (Å²) in [5.41, 5.74) is 4.90. The van der Waals surface area contributed by atoms with E-state index in [1.54, 1.807) is 0 Å². The van der Waals surface area contributed by atoms with Crippen LogP contribution >= 0.6 is 0 Å². The molecule has 2 amide bonds. The molecule has 8 nitrogen and oxygen atoms in total. The Balaban J connectivity index is 1.19. The lowest BCUT2D eigenvalue weighted by Gasteiger charge is -2.26. The Morgan fingerprint density at radius 1 is 0.783 bits per heavy atom. The Hall–Kier alpha value is -5.21. The zero-order chi connectivity index (χ0) is 31.3. The molecule has 8 heteroatoms. The van der Waals surface area contributed by atoms with Gasteiger partial charge in [-0.05, 0) is 53.9 Å². The van der Waals surface area contributed by atoms with E-state index < -0.39 is 12.1 Å². The lowest BCUT2D eigenvalue weighted by Crippen LogP contribution is -2.51. The number of aromatic nitrogens is 3. The SMILES string of the molecule is O=C(N[C@H](Cc1ccc2ccccc2c1)C(=O)N[C@H](Cc1c[nH]c2ccccc12)c1nc(-c2ccccc2)c[nH]1)C1CCNCC1. The molecule has 6 aromatic rings. The molecule has 1 saturated heterocycles. The number of H-pyrrole nitrogens is 2. The molecule has 2 aromatic heterocycles. The molecule has 4 aromatic carbocycles. The Labute approximate surface area is 268 Å². The number of imidazole rings is 1. The second kappa shape index (κ2) is 13.4. The Morgan fingerprint density at radius 2 is 1.54 bits per heavy atom. The van der Waals surface area contributed by atoms with E-state index in [1.165, 1.54) is 0 Å². The average Bonchev–Trinajstić information content (AvgIpc) is 3.76. The summed E-state index contributed by atoms with van der Waals surface area (Å²) in [4.78, 5) is 39.4. The highest BCUT2D eigenvalue weighted by Gasteiger charge is 2.30. The minimum Gasteiger partial charge on any atom is -0.361 e. The van der Waals surface area contributed by atoms with Crippen molar-refractivity contribution in [1.29, 1.82) is 0 Å². The fourth-order valence-corrected chi connectivity index (χ4v) is 6.47. The van der Waals surface area contributed by atoms with Crippen molar-refractivity contribution in [2.24, 2.45) is 5.92 Å². The third kappa shape index (κ3) is 6.57. The van der Waals surface area contributed by atoms with Gasteiger partial charge in [-0.3, -0.25) is 9.59 Å². The van der Waals surface area contributed by atoms with Gasteiger partial charge in [0.1, 0.15) is 11.9 Å². The number of hydrogen-bond donors (Lipinski definition) is 5. The second-order valence-electron chi connectivity index (χ2n) is 12.1. The number of para-hydroxylation sites is 1. The fourth-order valence-electron chi connectivity index (χ4n) is 6.47. The number of amides is 2. The molecule has 0 radical (unpaired) electrons. The van der Waals surface area contributed by atoms with Crippen molar-refractivity contribution in [3.63, 3.8) is 0 Å². The van der Waals surface area contributed by atoms with Crippen molar-refractivity contribution in [1.82, 2.24) is 30.9 Å². The average molecular weight is 611 g/mol. The van der Waals surface area contributed by atoms with E-state index in [4.69, 9.17) is 4.98 Å². The van der Waals surface area contributed by atoms with Gasteiger partial charge in [0.2, 0.25) is 11.8 Å². The first kappa shape index (κ1) is 29.5. The summed E-state index contributed by atoms with van der Waals surface area (Å²) in [6, 6.07) is 31.3. The van der Waals surface area contributed by atoms with E-state index in [9.17, 15) is 9.59 Å². The molecule has 0 unspecified atom stereocenters. The number of fused-ring (bicyclic) bond motifs is 2. The van der Waals surface area contributed by atoms with Crippen LogP contribution < -0.4 is 16.0 Å². The van der Waals surface area contributed by atoms with Crippen molar-refractivity contribution in [3.8, 4) is 11.3 Å². The van der Waals surface area contributed by atoms with Crippen molar-refractivity contribution in [2.45, 2.75) is 37.8 Å². The number of piperidine rings is 1. The van der Waals surface area contributed by atoms with Gasteiger partial charge in [0.15, 0.2) is 0 Å². The van der Waals surface area contributed by atoms with Gasteiger partial charge in [-0.1, -0.05) is 91.0 Å². The van der Waals surface area contributed by atoms with Crippen LogP contribution in [-0.2, 0) is 22.4 Å². The number of aromatic amines is 2. The van der Waals surface area contributed by atoms with Crippen molar-refractivity contribution >= 4 is 33.5 Å². The molecule has 1 aliphatic heterocycles. The van der Waals surface area contributed by atoms with Crippen LogP contribution in [0.25, 0.3) is 32.9 Å². The van der Waals surface area contributed by atoms with Crippen molar-refractivity contribution in [2.75, 3.05) is 13.1 Å². The molecule has 1 aliphatic rings. The lowest BCUT2D eigenvalue weighted by atomic mass is 9.95. The van der Waals surface area contributed by atoms with E-state index in [0.29, 0.717) is 18.7 Å². The maximum atomic E-state index is 14.3. The molecule has 2 atom stereocenters. The predicted molar refractivity (Wildman–Crippen MR) is 182 cm³/mol. The summed E-state index contributed by atoms with van der Waals surface area (Å²) in [6.07, 6.45) is 6.28. The second-order valence-corrected chi connectivity index (χ2v) is 12.1. The minimum absolute atomic E-state index is 0.0695. The maximum absolute atomic E-state index is 14.3. The molecule has 1 fully saturated rings. The van der Waals surface area contributed by atoms with Gasteiger partial charge in [-0.2, -0.15) is 0 Å². The zero-order valence-electron chi connectivity index (χ0n) is 25.6. The van der Waals surface area contributed by atoms with E-state index in [-0.39, 0.29) is 17.7 Å². The number of carbonyl (C=O) groups excluding carboxylic acids is 2. The Bertz CT molecular complexity index is 1960. The molecule has 3 heterocycles. The third-order valence-corrected chi connectivity index (χ3v) is 9.01. The first-order valence-corrected chi connectivity index (χ1v) is 16.1. The van der Waals surface area contributed by atoms with Gasteiger partial charge in [-0.25, -0.2) is 4.98 Å². The van der Waals surface area contributed by atoms with Crippen LogP contribution in [0, 0.1) is 5.92 Å². The van der Waals surface area contributed by atoms with Crippen molar-refractivity contribution < 1.29 is 9.59 Å². The highest BCUT2D eigenvalue weighted by Crippen LogP contribution is 2.26. The smallest absolute Gasteiger partial charge is 0.243 e. The highest BCUT2D eigenvalue weighted by atomic mass is 16.2. The summed E-state index contributed by atoms with van der Waals surface area (Å²) < 4.78 is 0. The number of benzene rings is 4. The summed E-state index contributed by atoms with van der Waals surface area (Å²) in [5, 5.41) is 13.1. The van der Waals surface area contributed by atoms with Gasteiger partial charge in [0.25, 0.3) is 0 Å². The lowest BCUT2D eigenvalue weighted by molar-refractivity contribution is -0.132. The summed E-state index contributed by atoms with van der Waals surface area (Å²) in [5.74, 6) is 0.234. The first-order valence-electron chi connectivity index (χ1n) is 16.1. The van der Waals surface area contributed by atoms with Crippen LogP contribution in [0.3, 0.4) is 0 Å². The molecular formula is C38H38N6O2. The van der Waals surface area contributed by atoms with Crippen LogP contribution in [0.1, 0.15) is 35.8 Å². The van der Waals surface area contributed by atoms with Gasteiger partial charge in [-0.15, -0.1) is 0 Å². The molecule has 0 aliphatic carbocycles. The quantitative estimate of drug-likeness (QED) is 0.134. The van der Waals surface area contributed by atoms with Gasteiger partial charge < -0.3 is 25.9 Å². The maximum Gasteiger partial charge on any atom is 0.243 e. The predicted octanol–water partition coefficient (Wildman–Crippen LogP) is 5.84. The first-order chi connectivity index (χ1) is 22.6. The molecule has 7 rings (SSSR count). The largest absolute Gasteiger partial charge is 0.361 e. The van der Waals surface area contributed by atoms with Crippen LogP contribution in [0.2, 0.25) is 0 Å². The number of hydrogen-bond acceptors (Lipinski definition) is 4. The van der Waals surface area contributed by atoms with Gasteiger partial charge in [0.05, 0.1) is 11.7 Å². The molecular weight excluding hydrogens is 572 g/mol. The molecule has 0 spiro atoms. The molecule has 46 heavy (non-hydrogen) atoms.